The van der Waals surface area contributed by atoms with Gasteiger partial charge in [-0.15, -0.1) is 0 Å². The number of aliphatic carboxylic acids is 1. The number of nitrogens with one attached hydrogen (secondary N) is 1. The summed E-state index contributed by atoms with van der Waals surface area (Å²) in [7, 11) is 0. The van der Waals surface area contributed by atoms with E-state index in [1.54, 1.807) is 13.0 Å². The molecule has 18 heavy (non-hydrogen) atoms. The molecule has 0 radical (unpaired) electrons. The zero-order valence-corrected chi connectivity index (χ0v) is 10.7. The van der Waals surface area contributed by atoms with E-state index in [1.165, 1.54) is 6.26 Å². The molecule has 1 aromatic rings. The Labute approximate surface area is 106 Å². The molecule has 0 bridgehead atoms. The highest BCUT2D eigenvalue weighted by molar-refractivity contribution is 5.95. The highest BCUT2D eigenvalue weighted by Gasteiger charge is 2.22. The number of hydrogen-bond donors (Lipinski definition) is 2. The minimum absolute atomic E-state index is 0.178. The molecule has 0 saturated carbocycles. The number of aryl methyl sites for hydroxylation is 1. The van der Waals surface area contributed by atoms with Crippen LogP contribution in [0.2, 0.25) is 0 Å². The number of rotatable bonds is 7. The summed E-state index contributed by atoms with van der Waals surface area (Å²) in [5.41, 5.74) is 0.699. The summed E-state index contributed by atoms with van der Waals surface area (Å²) in [6.45, 7) is 3.78. The Morgan fingerprint density at radius 2 is 2.17 bits per heavy atom. The molecule has 5 nitrogen and oxygen atoms in total. The van der Waals surface area contributed by atoms with Crippen LogP contribution in [0.4, 0.5) is 0 Å². The third kappa shape index (κ3) is 3.91. The molecule has 1 rings (SSSR count). The van der Waals surface area contributed by atoms with Crippen LogP contribution in [0.3, 0.4) is 0 Å². The zero-order valence-electron chi connectivity index (χ0n) is 10.7. The first-order valence-corrected chi connectivity index (χ1v) is 6.14. The van der Waals surface area contributed by atoms with Gasteiger partial charge in [0.15, 0.2) is 5.76 Å². The van der Waals surface area contributed by atoms with Gasteiger partial charge >= 0.3 is 5.97 Å². The van der Waals surface area contributed by atoms with Gasteiger partial charge in [0.1, 0.15) is 6.04 Å². The first-order valence-electron chi connectivity index (χ1n) is 6.14. The quantitative estimate of drug-likeness (QED) is 0.731. The molecule has 1 heterocycles. The van der Waals surface area contributed by atoms with E-state index in [0.717, 1.165) is 19.3 Å². The van der Waals surface area contributed by atoms with Crippen molar-refractivity contribution in [2.45, 2.75) is 45.6 Å². The maximum atomic E-state index is 11.8. The first-order chi connectivity index (χ1) is 8.56. The smallest absolute Gasteiger partial charge is 0.326 e. The van der Waals surface area contributed by atoms with E-state index in [-0.39, 0.29) is 5.76 Å². The van der Waals surface area contributed by atoms with Crippen LogP contribution >= 0.6 is 0 Å². The summed E-state index contributed by atoms with van der Waals surface area (Å²) in [4.78, 5) is 22.8. The monoisotopic (exact) mass is 253 g/mol. The molecule has 0 spiro atoms. The van der Waals surface area contributed by atoms with Crippen LogP contribution in [0.15, 0.2) is 16.7 Å². The van der Waals surface area contributed by atoms with Gasteiger partial charge in [0.25, 0.3) is 5.91 Å². The van der Waals surface area contributed by atoms with Crippen molar-refractivity contribution in [2.75, 3.05) is 0 Å². The Balaban J connectivity index is 2.58. The van der Waals surface area contributed by atoms with Crippen LogP contribution in [-0.4, -0.2) is 23.0 Å². The SMILES string of the molecule is CCCCC[C@H](NC(=O)c1occc1C)C(=O)O. The molecule has 0 aliphatic carbocycles. The predicted octanol–water partition coefficient (Wildman–Crippen LogP) is 2.35. The van der Waals surface area contributed by atoms with Crippen LogP contribution < -0.4 is 5.32 Å². The average Bonchev–Trinajstić information content (AvgIpc) is 2.74. The number of carboxylic acids is 1. The molecule has 0 aliphatic rings. The Hall–Kier alpha value is -1.78. The van der Waals surface area contributed by atoms with E-state index in [1.807, 2.05) is 6.92 Å². The highest BCUT2D eigenvalue weighted by atomic mass is 16.4. The van der Waals surface area contributed by atoms with Gasteiger partial charge in [-0.3, -0.25) is 4.79 Å². The van der Waals surface area contributed by atoms with Crippen molar-refractivity contribution >= 4 is 11.9 Å². The largest absolute Gasteiger partial charge is 0.480 e. The Morgan fingerprint density at radius 1 is 1.44 bits per heavy atom. The number of carbonyl (C=O) groups excluding carboxylic acids is 1. The number of carbonyl (C=O) groups is 2. The van der Waals surface area contributed by atoms with Crippen molar-refractivity contribution in [3.8, 4) is 0 Å². The fourth-order valence-corrected chi connectivity index (χ4v) is 1.68. The molecule has 5 heteroatoms. The Bertz CT molecular complexity index is 411. The topological polar surface area (TPSA) is 79.5 Å². The van der Waals surface area contributed by atoms with Crippen LogP contribution in [0.25, 0.3) is 0 Å². The molecule has 0 saturated heterocycles. The van der Waals surface area contributed by atoms with E-state index in [2.05, 4.69) is 5.32 Å². The van der Waals surface area contributed by atoms with Crippen LogP contribution in [0.5, 0.6) is 0 Å². The maximum Gasteiger partial charge on any atom is 0.326 e. The standard InChI is InChI=1S/C13H19NO4/c1-3-4-5-6-10(13(16)17)14-12(15)11-9(2)7-8-18-11/h7-8,10H,3-6H2,1-2H3,(H,14,15)(H,16,17)/t10-/m0/s1. The number of unbranched alkanes of at least 4 members (excludes halogenated alkanes) is 2. The minimum Gasteiger partial charge on any atom is -0.480 e. The molecular formula is C13H19NO4. The Kier molecular flexibility index (Phi) is 5.42. The van der Waals surface area contributed by atoms with Gasteiger partial charge in [0.05, 0.1) is 6.26 Å². The number of amides is 1. The highest BCUT2D eigenvalue weighted by Crippen LogP contribution is 2.10. The third-order valence-electron chi connectivity index (χ3n) is 2.77. The lowest BCUT2D eigenvalue weighted by Gasteiger charge is -2.13. The second kappa shape index (κ2) is 6.83. The van der Waals surface area contributed by atoms with Crippen molar-refractivity contribution in [2.24, 2.45) is 0 Å². The predicted molar refractivity (Wildman–Crippen MR) is 66.5 cm³/mol. The van der Waals surface area contributed by atoms with E-state index >= 15 is 0 Å². The van der Waals surface area contributed by atoms with Gasteiger partial charge in [-0.2, -0.15) is 0 Å². The van der Waals surface area contributed by atoms with Gasteiger partial charge in [-0.05, 0) is 19.4 Å². The molecule has 1 amide bonds. The maximum absolute atomic E-state index is 11.8. The molecule has 2 N–H and O–H groups in total. The molecule has 1 atom stereocenters. The van der Waals surface area contributed by atoms with Gasteiger partial charge in [0, 0.05) is 5.56 Å². The third-order valence-corrected chi connectivity index (χ3v) is 2.77. The molecule has 100 valence electrons. The second-order valence-corrected chi connectivity index (χ2v) is 4.29. The average molecular weight is 253 g/mol. The normalized spacial score (nSPS) is 12.1. The minimum atomic E-state index is -1.01. The van der Waals surface area contributed by atoms with Crippen molar-refractivity contribution in [3.63, 3.8) is 0 Å². The lowest BCUT2D eigenvalue weighted by molar-refractivity contribution is -0.139. The van der Waals surface area contributed by atoms with Crippen molar-refractivity contribution < 1.29 is 19.1 Å². The van der Waals surface area contributed by atoms with Crippen LogP contribution in [-0.2, 0) is 4.79 Å². The molecule has 1 aromatic heterocycles. The van der Waals surface area contributed by atoms with Crippen LogP contribution in [0.1, 0.15) is 48.7 Å². The van der Waals surface area contributed by atoms with Gasteiger partial charge in [-0.25, -0.2) is 4.79 Å². The summed E-state index contributed by atoms with van der Waals surface area (Å²) in [6, 6.07) is 0.815. The van der Waals surface area contributed by atoms with Gasteiger partial charge in [0.2, 0.25) is 0 Å². The van der Waals surface area contributed by atoms with Gasteiger partial charge < -0.3 is 14.8 Å². The van der Waals surface area contributed by atoms with E-state index in [4.69, 9.17) is 9.52 Å². The summed E-state index contributed by atoms with van der Waals surface area (Å²) in [5, 5.41) is 11.5. The van der Waals surface area contributed by atoms with E-state index in [9.17, 15) is 9.59 Å². The second-order valence-electron chi connectivity index (χ2n) is 4.29. The van der Waals surface area contributed by atoms with Crippen molar-refractivity contribution in [3.05, 3.63) is 23.7 Å². The van der Waals surface area contributed by atoms with Crippen molar-refractivity contribution in [1.82, 2.24) is 5.32 Å². The van der Waals surface area contributed by atoms with E-state index < -0.39 is 17.9 Å². The number of hydrogen-bond acceptors (Lipinski definition) is 3. The molecule has 0 aliphatic heterocycles. The van der Waals surface area contributed by atoms with Gasteiger partial charge in [-0.1, -0.05) is 26.2 Å². The van der Waals surface area contributed by atoms with Crippen molar-refractivity contribution in [1.29, 1.82) is 0 Å². The molecule has 0 aromatic carbocycles. The lowest BCUT2D eigenvalue weighted by atomic mass is 10.1. The summed E-state index contributed by atoms with van der Waals surface area (Å²) >= 11 is 0. The lowest BCUT2D eigenvalue weighted by Crippen LogP contribution is -2.40. The molecular weight excluding hydrogens is 234 g/mol. The molecule has 0 fully saturated rings. The van der Waals surface area contributed by atoms with Crippen LogP contribution in [0, 0.1) is 6.92 Å². The number of furan rings is 1. The van der Waals surface area contributed by atoms with E-state index in [0.29, 0.717) is 12.0 Å². The summed E-state index contributed by atoms with van der Waals surface area (Å²) in [6.07, 6.45) is 4.60. The molecule has 0 unspecified atom stereocenters. The first kappa shape index (κ1) is 14.3. The summed E-state index contributed by atoms with van der Waals surface area (Å²) < 4.78 is 5.03. The Morgan fingerprint density at radius 3 is 2.67 bits per heavy atom. The number of carboxylic acid groups (broad SMARTS) is 1. The fourth-order valence-electron chi connectivity index (χ4n) is 1.68. The summed E-state index contributed by atoms with van der Waals surface area (Å²) in [5.74, 6) is -1.30. The zero-order chi connectivity index (χ0) is 13.5. The fraction of sp³-hybridized carbons (Fsp3) is 0.538.